The minimum absolute atomic E-state index is 0.0350. The second kappa shape index (κ2) is 8.80. The zero-order chi connectivity index (χ0) is 18.6. The van der Waals surface area contributed by atoms with E-state index in [1.165, 1.54) is 0 Å². The molecule has 1 aromatic rings. The third-order valence-corrected chi connectivity index (χ3v) is 7.43. The van der Waals surface area contributed by atoms with E-state index in [0.29, 0.717) is 10.9 Å². The fourth-order valence-electron chi connectivity index (χ4n) is 4.47. The second-order valence-corrected chi connectivity index (χ2v) is 9.25. The predicted octanol–water partition coefficient (Wildman–Crippen LogP) is 1.83. The normalized spacial score (nSPS) is 30.1. The largest absolute Gasteiger partial charge is 0.395 e. The summed E-state index contributed by atoms with van der Waals surface area (Å²) in [4.78, 5) is 2.60. The molecule has 146 valence electrons. The van der Waals surface area contributed by atoms with Crippen LogP contribution in [0.4, 0.5) is 0 Å². The van der Waals surface area contributed by atoms with Gasteiger partial charge in [0, 0.05) is 19.2 Å². The highest BCUT2D eigenvalue weighted by Crippen LogP contribution is 2.36. The van der Waals surface area contributed by atoms with Gasteiger partial charge in [0.2, 0.25) is 0 Å². The van der Waals surface area contributed by atoms with Crippen molar-refractivity contribution < 1.29 is 23.0 Å². The molecule has 0 spiro atoms. The molecule has 2 saturated heterocycles. The summed E-state index contributed by atoms with van der Waals surface area (Å²) in [5.41, 5.74) is 0. The number of aliphatic hydroxyl groups is 1. The third kappa shape index (κ3) is 4.28. The molecule has 2 aliphatic rings. The molecule has 7 heteroatoms. The molecule has 0 aromatic heterocycles. The molecule has 2 fully saturated rings. The molecule has 0 saturated carbocycles. The second-order valence-electron chi connectivity index (χ2n) is 7.22. The zero-order valence-electron chi connectivity index (χ0n) is 15.3. The molecule has 0 amide bonds. The van der Waals surface area contributed by atoms with Crippen LogP contribution in [0.15, 0.2) is 35.2 Å². The molecule has 0 radical (unpaired) electrons. The lowest BCUT2D eigenvalue weighted by atomic mass is 9.84. The topological polar surface area (TPSA) is 76.1 Å². The molecular formula is C19H29NO5S. The summed E-state index contributed by atoms with van der Waals surface area (Å²) < 4.78 is 36.6. The number of rotatable bonds is 7. The molecule has 26 heavy (non-hydrogen) atoms. The van der Waals surface area contributed by atoms with Gasteiger partial charge in [0.05, 0.1) is 29.4 Å². The average molecular weight is 384 g/mol. The Morgan fingerprint density at radius 2 is 1.92 bits per heavy atom. The van der Waals surface area contributed by atoms with E-state index >= 15 is 0 Å². The van der Waals surface area contributed by atoms with E-state index in [0.717, 1.165) is 32.1 Å². The van der Waals surface area contributed by atoms with Crippen molar-refractivity contribution in [3.8, 4) is 0 Å². The molecule has 0 unspecified atom stereocenters. The van der Waals surface area contributed by atoms with E-state index in [4.69, 9.17) is 9.47 Å². The quantitative estimate of drug-likeness (QED) is 0.724. The number of benzene rings is 1. The first-order valence-corrected chi connectivity index (χ1v) is 11.0. The lowest BCUT2D eigenvalue weighted by Gasteiger charge is -2.51. The highest BCUT2D eigenvalue weighted by atomic mass is 32.2. The van der Waals surface area contributed by atoms with E-state index in [1.807, 2.05) is 6.07 Å². The van der Waals surface area contributed by atoms with Crippen molar-refractivity contribution >= 4 is 9.84 Å². The summed E-state index contributed by atoms with van der Waals surface area (Å²) in [6.45, 7) is 0.152. The Bertz CT molecular complexity index is 666. The van der Waals surface area contributed by atoms with Crippen LogP contribution < -0.4 is 0 Å². The molecule has 3 rings (SSSR count). The van der Waals surface area contributed by atoms with Crippen LogP contribution in [0.3, 0.4) is 0 Å². The lowest BCUT2D eigenvalue weighted by Crippen LogP contribution is -2.62. The third-order valence-electron chi connectivity index (χ3n) is 5.62. The van der Waals surface area contributed by atoms with Crippen LogP contribution in [-0.4, -0.2) is 68.9 Å². The fraction of sp³-hybridized carbons (Fsp3) is 0.684. The maximum Gasteiger partial charge on any atom is 0.179 e. The Morgan fingerprint density at radius 1 is 1.15 bits per heavy atom. The summed E-state index contributed by atoms with van der Waals surface area (Å²) in [5, 5.41) is 10.0. The maximum absolute atomic E-state index is 12.9. The molecule has 4 atom stereocenters. The first kappa shape index (κ1) is 19.8. The Labute approximate surface area is 156 Å². The van der Waals surface area contributed by atoms with E-state index < -0.39 is 9.84 Å². The van der Waals surface area contributed by atoms with Crippen LogP contribution in [0.2, 0.25) is 0 Å². The Morgan fingerprint density at radius 3 is 2.62 bits per heavy atom. The number of methoxy groups -OCH3 is 1. The van der Waals surface area contributed by atoms with Gasteiger partial charge in [0.15, 0.2) is 9.84 Å². The van der Waals surface area contributed by atoms with Crippen molar-refractivity contribution in [1.82, 2.24) is 4.90 Å². The van der Waals surface area contributed by atoms with Crippen LogP contribution in [-0.2, 0) is 19.3 Å². The van der Waals surface area contributed by atoms with Crippen LogP contribution >= 0.6 is 0 Å². The Balaban J connectivity index is 1.80. The summed E-state index contributed by atoms with van der Waals surface area (Å²) in [6, 6.07) is 8.68. The number of sulfone groups is 1. The Hall–Kier alpha value is -0.990. The molecular weight excluding hydrogens is 354 g/mol. The predicted molar refractivity (Wildman–Crippen MR) is 98.6 cm³/mol. The van der Waals surface area contributed by atoms with Gasteiger partial charge in [-0.15, -0.1) is 0 Å². The summed E-state index contributed by atoms with van der Waals surface area (Å²) in [5.74, 6) is 0.0843. The van der Waals surface area contributed by atoms with Gasteiger partial charge in [-0.1, -0.05) is 24.6 Å². The van der Waals surface area contributed by atoms with Crippen molar-refractivity contribution in [2.24, 2.45) is 0 Å². The van der Waals surface area contributed by atoms with Crippen molar-refractivity contribution in [2.75, 3.05) is 26.3 Å². The van der Waals surface area contributed by atoms with Crippen molar-refractivity contribution in [2.45, 2.75) is 61.2 Å². The number of ether oxygens (including phenoxy) is 2. The zero-order valence-corrected chi connectivity index (χ0v) is 16.1. The minimum atomic E-state index is -3.37. The number of hydrogen-bond acceptors (Lipinski definition) is 6. The summed E-state index contributed by atoms with van der Waals surface area (Å²) in [6.07, 6.45) is 4.61. The van der Waals surface area contributed by atoms with Crippen LogP contribution in [0.5, 0.6) is 0 Å². The first-order valence-electron chi connectivity index (χ1n) is 9.33. The molecule has 6 nitrogen and oxygen atoms in total. The van der Waals surface area contributed by atoms with Crippen LogP contribution in [0, 0.1) is 0 Å². The van der Waals surface area contributed by atoms with Crippen LogP contribution in [0.25, 0.3) is 0 Å². The first-order chi connectivity index (χ1) is 12.6. The number of hydrogen-bond donors (Lipinski definition) is 1. The number of aliphatic hydroxyl groups excluding tert-OH is 1. The van der Waals surface area contributed by atoms with Crippen LogP contribution in [0.1, 0.15) is 32.1 Å². The van der Waals surface area contributed by atoms with Gasteiger partial charge < -0.3 is 14.6 Å². The van der Waals surface area contributed by atoms with Gasteiger partial charge in [-0.2, -0.15) is 0 Å². The van der Waals surface area contributed by atoms with E-state index in [9.17, 15) is 13.5 Å². The maximum atomic E-state index is 12.9. The summed E-state index contributed by atoms with van der Waals surface area (Å²) in [7, 11) is -1.79. The van der Waals surface area contributed by atoms with Crippen molar-refractivity contribution in [3.05, 3.63) is 30.3 Å². The fourth-order valence-corrected chi connectivity index (χ4v) is 6.08. The van der Waals surface area contributed by atoms with Gasteiger partial charge in [-0.25, -0.2) is 8.42 Å². The standard InChI is InChI=1S/C19H29NO5S/c1-24-14-25-19-11-10-15-6-5-7-16(20(15)18(19)12-21)13-26(22,23)17-8-3-2-4-9-17/h2-4,8-9,15-16,18-19,21H,5-7,10-14H2,1H3/t15-,16-,18-,19+/m0/s1. The highest BCUT2D eigenvalue weighted by molar-refractivity contribution is 7.91. The van der Waals surface area contributed by atoms with E-state index in [-0.39, 0.29) is 37.3 Å². The van der Waals surface area contributed by atoms with E-state index in [2.05, 4.69) is 4.90 Å². The Kier molecular flexibility index (Phi) is 6.69. The number of piperidine rings is 2. The summed E-state index contributed by atoms with van der Waals surface area (Å²) >= 11 is 0. The molecule has 0 aliphatic carbocycles. The van der Waals surface area contributed by atoms with E-state index in [1.54, 1.807) is 31.4 Å². The van der Waals surface area contributed by atoms with Crippen molar-refractivity contribution in [1.29, 1.82) is 0 Å². The number of fused-ring (bicyclic) bond motifs is 1. The van der Waals surface area contributed by atoms with Crippen molar-refractivity contribution in [3.63, 3.8) is 0 Å². The smallest absolute Gasteiger partial charge is 0.179 e. The van der Waals surface area contributed by atoms with Gasteiger partial charge in [-0.3, -0.25) is 4.90 Å². The lowest BCUT2D eigenvalue weighted by molar-refractivity contribution is -0.145. The van der Waals surface area contributed by atoms with Gasteiger partial charge in [0.25, 0.3) is 0 Å². The molecule has 1 aromatic carbocycles. The molecule has 2 heterocycles. The minimum Gasteiger partial charge on any atom is -0.395 e. The molecule has 0 bridgehead atoms. The van der Waals surface area contributed by atoms with Gasteiger partial charge in [0.1, 0.15) is 6.79 Å². The van der Waals surface area contributed by atoms with Gasteiger partial charge >= 0.3 is 0 Å². The number of nitrogens with zero attached hydrogens (tertiary/aromatic N) is 1. The van der Waals surface area contributed by atoms with Gasteiger partial charge in [-0.05, 0) is 37.8 Å². The average Bonchev–Trinajstić information content (AvgIpc) is 2.66. The molecule has 2 aliphatic heterocycles. The SMILES string of the molecule is COCO[C@@H]1CC[C@@H]2CCC[C@@H](CS(=O)(=O)c3ccccc3)N2[C@H]1CO. The highest BCUT2D eigenvalue weighted by Gasteiger charge is 2.44. The molecule has 1 N–H and O–H groups in total. The monoisotopic (exact) mass is 383 g/mol.